The lowest BCUT2D eigenvalue weighted by atomic mass is 10.1. The molecule has 0 aromatic heterocycles. The predicted octanol–water partition coefficient (Wildman–Crippen LogP) is 4.25. The molecule has 0 unspecified atom stereocenters. The molecule has 0 fully saturated rings. The van der Waals surface area contributed by atoms with Gasteiger partial charge < -0.3 is 10.1 Å². The van der Waals surface area contributed by atoms with Crippen LogP contribution in [0.25, 0.3) is 0 Å². The van der Waals surface area contributed by atoms with Crippen LogP contribution in [0.4, 0.5) is 5.69 Å². The molecule has 2 aromatic rings. The van der Waals surface area contributed by atoms with Gasteiger partial charge in [0.15, 0.2) is 0 Å². The maximum Gasteiger partial charge on any atom is 0.256 e. The summed E-state index contributed by atoms with van der Waals surface area (Å²) in [6.07, 6.45) is 0. The van der Waals surface area contributed by atoms with Crippen molar-refractivity contribution in [2.45, 2.75) is 13.8 Å². The largest absolute Gasteiger partial charge is 0.494 e. The Morgan fingerprint density at radius 2 is 1.90 bits per heavy atom. The van der Waals surface area contributed by atoms with Crippen LogP contribution in [0.2, 0.25) is 0 Å². The third-order valence-electron chi connectivity index (χ3n) is 2.79. The summed E-state index contributed by atoms with van der Waals surface area (Å²) in [5, 5.41) is 2.89. The molecule has 0 saturated carbocycles. The van der Waals surface area contributed by atoms with Gasteiger partial charge in [-0.15, -0.1) is 0 Å². The van der Waals surface area contributed by atoms with Gasteiger partial charge in [0.1, 0.15) is 5.75 Å². The summed E-state index contributed by atoms with van der Waals surface area (Å²) in [4.78, 5) is 12.2. The summed E-state index contributed by atoms with van der Waals surface area (Å²) in [6, 6.07) is 13.1. The first-order valence-electron chi connectivity index (χ1n) is 6.40. The van der Waals surface area contributed by atoms with Crippen LogP contribution >= 0.6 is 22.6 Å². The van der Waals surface area contributed by atoms with E-state index in [1.54, 1.807) is 0 Å². The van der Waals surface area contributed by atoms with Gasteiger partial charge in [-0.25, -0.2) is 0 Å². The van der Waals surface area contributed by atoms with E-state index in [0.29, 0.717) is 12.2 Å². The Hall–Kier alpha value is -1.56. The highest BCUT2D eigenvalue weighted by atomic mass is 127. The van der Waals surface area contributed by atoms with Gasteiger partial charge >= 0.3 is 0 Å². The maximum absolute atomic E-state index is 12.2. The third kappa shape index (κ3) is 3.72. The van der Waals surface area contributed by atoms with Crippen LogP contribution in [0.5, 0.6) is 5.75 Å². The molecular weight excluding hydrogens is 365 g/mol. The van der Waals surface area contributed by atoms with E-state index in [2.05, 4.69) is 27.9 Å². The summed E-state index contributed by atoms with van der Waals surface area (Å²) in [6.45, 7) is 4.58. The fourth-order valence-corrected chi connectivity index (χ4v) is 2.72. The molecule has 0 atom stereocenters. The lowest BCUT2D eigenvalue weighted by Gasteiger charge is -2.08. The molecule has 104 valence electrons. The molecule has 0 heterocycles. The molecule has 2 rings (SSSR count). The molecule has 1 amide bonds. The minimum atomic E-state index is -0.0986. The number of halogens is 1. The highest BCUT2D eigenvalue weighted by molar-refractivity contribution is 14.1. The number of hydrogen-bond donors (Lipinski definition) is 1. The molecule has 0 radical (unpaired) electrons. The van der Waals surface area contributed by atoms with Crippen LogP contribution in [0, 0.1) is 10.5 Å². The number of carbonyl (C=O) groups excluding carboxylic acids is 1. The summed E-state index contributed by atoms with van der Waals surface area (Å²) in [7, 11) is 0. The van der Waals surface area contributed by atoms with E-state index in [1.807, 2.05) is 56.3 Å². The van der Waals surface area contributed by atoms with E-state index >= 15 is 0 Å². The van der Waals surface area contributed by atoms with Gasteiger partial charge in [-0.05, 0) is 72.8 Å². The van der Waals surface area contributed by atoms with Gasteiger partial charge in [0, 0.05) is 9.26 Å². The van der Waals surface area contributed by atoms with Gasteiger partial charge in [0.2, 0.25) is 0 Å². The predicted molar refractivity (Wildman–Crippen MR) is 89.5 cm³/mol. The van der Waals surface area contributed by atoms with E-state index < -0.39 is 0 Å². The Labute approximate surface area is 132 Å². The second-order valence-corrected chi connectivity index (χ2v) is 5.56. The molecule has 0 aliphatic heterocycles. The Morgan fingerprint density at radius 3 is 2.50 bits per heavy atom. The fourth-order valence-electron chi connectivity index (χ4n) is 1.80. The zero-order valence-corrected chi connectivity index (χ0v) is 13.6. The van der Waals surface area contributed by atoms with Gasteiger partial charge in [0.25, 0.3) is 5.91 Å². The van der Waals surface area contributed by atoms with E-state index in [4.69, 9.17) is 4.74 Å². The van der Waals surface area contributed by atoms with Crippen molar-refractivity contribution >= 4 is 34.2 Å². The number of hydrogen-bond acceptors (Lipinski definition) is 2. The molecule has 2 aromatic carbocycles. The second kappa shape index (κ2) is 6.74. The van der Waals surface area contributed by atoms with E-state index in [1.165, 1.54) is 0 Å². The van der Waals surface area contributed by atoms with E-state index in [0.717, 1.165) is 20.6 Å². The minimum Gasteiger partial charge on any atom is -0.494 e. The number of ether oxygens (including phenoxy) is 1. The molecule has 20 heavy (non-hydrogen) atoms. The Kier molecular flexibility index (Phi) is 5.00. The number of anilines is 1. The average molecular weight is 381 g/mol. The number of nitrogens with one attached hydrogen (secondary N) is 1. The van der Waals surface area contributed by atoms with Crippen molar-refractivity contribution in [1.29, 1.82) is 0 Å². The van der Waals surface area contributed by atoms with Crippen molar-refractivity contribution in [3.8, 4) is 5.75 Å². The Balaban J connectivity index is 2.11. The normalized spacial score (nSPS) is 10.2. The van der Waals surface area contributed by atoms with E-state index in [-0.39, 0.29) is 5.91 Å². The topological polar surface area (TPSA) is 38.3 Å². The number of carbonyl (C=O) groups is 1. The highest BCUT2D eigenvalue weighted by Gasteiger charge is 2.10. The lowest BCUT2D eigenvalue weighted by Crippen LogP contribution is -2.13. The number of aryl methyl sites for hydroxylation is 1. The Bertz CT molecular complexity index is 608. The Morgan fingerprint density at radius 1 is 1.20 bits per heavy atom. The quantitative estimate of drug-likeness (QED) is 0.805. The zero-order valence-electron chi connectivity index (χ0n) is 11.4. The molecule has 0 bridgehead atoms. The van der Waals surface area contributed by atoms with Crippen molar-refractivity contribution in [1.82, 2.24) is 0 Å². The molecular formula is C16H16INO2. The van der Waals surface area contributed by atoms with Crippen LogP contribution < -0.4 is 10.1 Å². The van der Waals surface area contributed by atoms with Crippen molar-refractivity contribution in [3.05, 3.63) is 57.2 Å². The van der Waals surface area contributed by atoms with Crippen molar-refractivity contribution < 1.29 is 9.53 Å². The zero-order chi connectivity index (χ0) is 14.5. The van der Waals surface area contributed by atoms with E-state index in [9.17, 15) is 4.79 Å². The summed E-state index contributed by atoms with van der Waals surface area (Å²) in [5.41, 5.74) is 2.59. The van der Waals surface area contributed by atoms with Crippen LogP contribution in [0.3, 0.4) is 0 Å². The SMILES string of the molecule is CCOc1ccc(NC(=O)c2ccc(C)cc2I)cc1. The second-order valence-electron chi connectivity index (χ2n) is 4.39. The van der Waals surface area contributed by atoms with Gasteiger partial charge in [-0.1, -0.05) is 11.6 Å². The van der Waals surface area contributed by atoms with Crippen LogP contribution in [-0.4, -0.2) is 12.5 Å². The van der Waals surface area contributed by atoms with Crippen LogP contribution in [0.15, 0.2) is 42.5 Å². The van der Waals surface area contributed by atoms with Gasteiger partial charge in [-0.2, -0.15) is 0 Å². The molecule has 4 heteroatoms. The number of benzene rings is 2. The molecule has 0 aliphatic carbocycles. The molecule has 0 spiro atoms. The number of rotatable bonds is 4. The first kappa shape index (κ1) is 14.8. The molecule has 3 nitrogen and oxygen atoms in total. The maximum atomic E-state index is 12.2. The number of amides is 1. The van der Waals surface area contributed by atoms with Crippen molar-refractivity contribution in [3.63, 3.8) is 0 Å². The third-order valence-corrected chi connectivity index (χ3v) is 3.68. The molecule has 0 aliphatic rings. The monoisotopic (exact) mass is 381 g/mol. The molecule has 1 N–H and O–H groups in total. The fraction of sp³-hybridized carbons (Fsp3) is 0.188. The first-order valence-corrected chi connectivity index (χ1v) is 7.48. The van der Waals surface area contributed by atoms with Gasteiger partial charge in [0.05, 0.1) is 12.2 Å². The van der Waals surface area contributed by atoms with Gasteiger partial charge in [-0.3, -0.25) is 4.79 Å². The first-order chi connectivity index (χ1) is 9.60. The van der Waals surface area contributed by atoms with Crippen molar-refractivity contribution in [2.75, 3.05) is 11.9 Å². The average Bonchev–Trinajstić information content (AvgIpc) is 2.41. The standard InChI is InChI=1S/C16H16INO2/c1-3-20-13-7-5-12(6-8-13)18-16(19)14-9-4-11(2)10-15(14)17/h4-10H,3H2,1-2H3,(H,18,19). The van der Waals surface area contributed by atoms with Crippen molar-refractivity contribution in [2.24, 2.45) is 0 Å². The summed E-state index contributed by atoms with van der Waals surface area (Å²) < 4.78 is 6.32. The summed E-state index contributed by atoms with van der Waals surface area (Å²) in [5.74, 6) is 0.703. The van der Waals surface area contributed by atoms with Crippen LogP contribution in [0.1, 0.15) is 22.8 Å². The minimum absolute atomic E-state index is 0.0986. The highest BCUT2D eigenvalue weighted by Crippen LogP contribution is 2.19. The summed E-state index contributed by atoms with van der Waals surface area (Å²) >= 11 is 2.18. The molecule has 0 saturated heterocycles. The van der Waals surface area contributed by atoms with Crippen LogP contribution in [-0.2, 0) is 0 Å². The smallest absolute Gasteiger partial charge is 0.256 e. The lowest BCUT2D eigenvalue weighted by molar-refractivity contribution is 0.102.